The number of benzene rings is 1. The zero-order chi connectivity index (χ0) is 15.5. The van der Waals surface area contributed by atoms with Crippen LogP contribution in [-0.4, -0.2) is 42.9 Å². The van der Waals surface area contributed by atoms with E-state index in [1.165, 1.54) is 0 Å². The number of carbonyl (C=O) groups excluding carboxylic acids is 1. The van der Waals surface area contributed by atoms with Crippen LogP contribution in [0.1, 0.15) is 23.1 Å². The third kappa shape index (κ3) is 3.95. The Morgan fingerprint density at radius 1 is 1.38 bits per heavy atom. The summed E-state index contributed by atoms with van der Waals surface area (Å²) in [5.41, 5.74) is 2.39. The quantitative estimate of drug-likeness (QED) is 0.752. The van der Waals surface area contributed by atoms with Crippen molar-refractivity contribution in [3.63, 3.8) is 0 Å². The first kappa shape index (κ1) is 15.8. The number of carbonyl (C=O) groups is 1. The lowest BCUT2D eigenvalue weighted by Gasteiger charge is -2.21. The van der Waals surface area contributed by atoms with E-state index in [0.29, 0.717) is 13.0 Å². The average molecular weight is 292 g/mol. The van der Waals surface area contributed by atoms with E-state index in [1.807, 2.05) is 32.9 Å². The highest BCUT2D eigenvalue weighted by molar-refractivity contribution is 5.77. The third-order valence-electron chi connectivity index (χ3n) is 4.06. The normalized spacial score (nSPS) is 21.3. The van der Waals surface area contributed by atoms with Gasteiger partial charge < -0.3 is 20.5 Å². The van der Waals surface area contributed by atoms with Gasteiger partial charge in [-0.3, -0.25) is 4.79 Å². The molecule has 5 nitrogen and oxygen atoms in total. The van der Waals surface area contributed by atoms with Crippen molar-refractivity contribution < 1.29 is 14.6 Å². The number of amides is 1. The molecule has 0 unspecified atom stereocenters. The molecule has 116 valence electrons. The van der Waals surface area contributed by atoms with Gasteiger partial charge in [-0.1, -0.05) is 12.1 Å². The van der Waals surface area contributed by atoms with E-state index in [1.54, 1.807) is 0 Å². The molecule has 0 bridgehead atoms. The van der Waals surface area contributed by atoms with Gasteiger partial charge in [0.05, 0.1) is 5.60 Å². The van der Waals surface area contributed by atoms with Crippen molar-refractivity contribution in [3.8, 4) is 5.75 Å². The van der Waals surface area contributed by atoms with E-state index in [0.717, 1.165) is 29.0 Å². The maximum atomic E-state index is 11.9. The van der Waals surface area contributed by atoms with Gasteiger partial charge in [0.15, 0.2) is 6.61 Å². The van der Waals surface area contributed by atoms with Gasteiger partial charge in [0.1, 0.15) is 5.75 Å². The second-order valence-corrected chi connectivity index (χ2v) is 5.87. The van der Waals surface area contributed by atoms with Gasteiger partial charge in [-0.2, -0.15) is 0 Å². The molecule has 0 spiro atoms. The lowest BCUT2D eigenvalue weighted by molar-refractivity contribution is -0.124. The molecule has 1 fully saturated rings. The predicted octanol–water partition coefficient (Wildman–Crippen LogP) is 0.831. The van der Waals surface area contributed by atoms with Gasteiger partial charge >= 0.3 is 0 Å². The number of rotatable bonds is 5. The van der Waals surface area contributed by atoms with Gasteiger partial charge in [0.25, 0.3) is 5.91 Å². The van der Waals surface area contributed by atoms with Crippen LogP contribution in [0.4, 0.5) is 0 Å². The third-order valence-corrected chi connectivity index (χ3v) is 4.06. The Kier molecular flexibility index (Phi) is 4.85. The van der Waals surface area contributed by atoms with Crippen molar-refractivity contribution in [1.82, 2.24) is 10.6 Å². The van der Waals surface area contributed by atoms with Crippen molar-refractivity contribution >= 4 is 5.91 Å². The van der Waals surface area contributed by atoms with Gasteiger partial charge in [0, 0.05) is 13.1 Å². The lowest BCUT2D eigenvalue weighted by Crippen LogP contribution is -2.45. The van der Waals surface area contributed by atoms with Crippen LogP contribution in [0.5, 0.6) is 5.75 Å². The zero-order valence-electron chi connectivity index (χ0n) is 13.0. The summed E-state index contributed by atoms with van der Waals surface area (Å²) in [4.78, 5) is 11.9. The summed E-state index contributed by atoms with van der Waals surface area (Å²) in [6.45, 7) is 7.50. The molecule has 1 aliphatic rings. The lowest BCUT2D eigenvalue weighted by atomic mass is 10.0. The molecule has 2 rings (SSSR count). The minimum Gasteiger partial charge on any atom is -0.483 e. The summed E-state index contributed by atoms with van der Waals surface area (Å²) in [6.07, 6.45) is 0.657. The molecule has 0 aliphatic carbocycles. The Morgan fingerprint density at radius 3 is 2.76 bits per heavy atom. The number of aliphatic hydroxyl groups is 1. The van der Waals surface area contributed by atoms with E-state index in [-0.39, 0.29) is 19.1 Å². The van der Waals surface area contributed by atoms with Crippen LogP contribution in [0, 0.1) is 20.8 Å². The van der Waals surface area contributed by atoms with E-state index >= 15 is 0 Å². The second-order valence-electron chi connectivity index (χ2n) is 5.87. The van der Waals surface area contributed by atoms with Crippen molar-refractivity contribution in [3.05, 3.63) is 28.8 Å². The zero-order valence-corrected chi connectivity index (χ0v) is 13.0. The highest BCUT2D eigenvalue weighted by atomic mass is 16.5. The summed E-state index contributed by atoms with van der Waals surface area (Å²) < 4.78 is 5.65. The van der Waals surface area contributed by atoms with Crippen LogP contribution < -0.4 is 15.4 Å². The summed E-state index contributed by atoms with van der Waals surface area (Å²) in [5.74, 6) is 0.557. The Bertz CT molecular complexity index is 522. The largest absolute Gasteiger partial charge is 0.483 e. The number of ether oxygens (including phenoxy) is 1. The fraction of sp³-hybridized carbons (Fsp3) is 0.562. The summed E-state index contributed by atoms with van der Waals surface area (Å²) in [6, 6.07) is 4.03. The molecular weight excluding hydrogens is 268 g/mol. The van der Waals surface area contributed by atoms with Gasteiger partial charge in [0.2, 0.25) is 0 Å². The number of aryl methyl sites for hydroxylation is 2. The highest BCUT2D eigenvalue weighted by Gasteiger charge is 2.31. The van der Waals surface area contributed by atoms with Crippen LogP contribution in [0.25, 0.3) is 0 Å². The minimum absolute atomic E-state index is 0.0331. The average Bonchev–Trinajstić information content (AvgIpc) is 2.88. The molecule has 0 radical (unpaired) electrons. The molecule has 1 heterocycles. The fourth-order valence-corrected chi connectivity index (χ4v) is 2.48. The predicted molar refractivity (Wildman–Crippen MR) is 81.6 cm³/mol. The molecular formula is C16H24N2O3. The monoisotopic (exact) mass is 292 g/mol. The molecule has 1 amide bonds. The van der Waals surface area contributed by atoms with Crippen LogP contribution in [-0.2, 0) is 4.79 Å². The maximum Gasteiger partial charge on any atom is 0.258 e. The first-order valence-electron chi connectivity index (χ1n) is 7.31. The number of nitrogens with one attached hydrogen (secondary N) is 2. The summed E-state index contributed by atoms with van der Waals surface area (Å²) >= 11 is 0. The van der Waals surface area contributed by atoms with E-state index in [4.69, 9.17) is 4.74 Å². The molecule has 1 saturated heterocycles. The molecule has 0 aromatic heterocycles. The number of hydrogen-bond acceptors (Lipinski definition) is 4. The van der Waals surface area contributed by atoms with Crippen molar-refractivity contribution in [1.29, 1.82) is 0 Å². The number of β-amino-alcohol motifs (C(OH)–C–C–N with tert-alkyl or cyclic N) is 1. The van der Waals surface area contributed by atoms with E-state index in [9.17, 15) is 9.90 Å². The number of hydrogen-bond donors (Lipinski definition) is 3. The molecule has 0 saturated carbocycles. The van der Waals surface area contributed by atoms with Crippen LogP contribution in [0.3, 0.4) is 0 Å². The van der Waals surface area contributed by atoms with Crippen molar-refractivity contribution in [2.45, 2.75) is 32.8 Å². The van der Waals surface area contributed by atoms with Crippen LogP contribution in [0.15, 0.2) is 12.1 Å². The highest BCUT2D eigenvalue weighted by Crippen LogP contribution is 2.25. The Morgan fingerprint density at radius 2 is 2.10 bits per heavy atom. The molecule has 1 aromatic rings. The topological polar surface area (TPSA) is 70.6 Å². The first-order valence-corrected chi connectivity index (χ1v) is 7.31. The smallest absolute Gasteiger partial charge is 0.258 e. The van der Waals surface area contributed by atoms with Gasteiger partial charge in [-0.25, -0.2) is 0 Å². The Hall–Kier alpha value is -1.59. The van der Waals surface area contributed by atoms with Crippen LogP contribution in [0.2, 0.25) is 0 Å². The fourth-order valence-electron chi connectivity index (χ4n) is 2.48. The standard InChI is InChI=1S/C16H24N2O3/c1-11-4-5-12(2)15(13(11)3)21-8-14(19)18-10-16(20)6-7-17-9-16/h4-5,17,20H,6-10H2,1-3H3,(H,18,19)/t16-/m0/s1. The maximum absolute atomic E-state index is 11.9. The van der Waals surface area contributed by atoms with Gasteiger partial charge in [-0.15, -0.1) is 0 Å². The Balaban J connectivity index is 1.85. The summed E-state index contributed by atoms with van der Waals surface area (Å²) in [5, 5.41) is 15.9. The second kappa shape index (κ2) is 6.45. The molecule has 5 heteroatoms. The van der Waals surface area contributed by atoms with Crippen molar-refractivity contribution in [2.75, 3.05) is 26.2 Å². The van der Waals surface area contributed by atoms with E-state index in [2.05, 4.69) is 10.6 Å². The SMILES string of the molecule is Cc1ccc(C)c(OCC(=O)NC[C@]2(O)CCNC2)c1C. The molecule has 1 aromatic carbocycles. The molecule has 1 atom stereocenters. The van der Waals surface area contributed by atoms with E-state index < -0.39 is 5.60 Å². The Labute approximate surface area is 125 Å². The van der Waals surface area contributed by atoms with Crippen LogP contribution >= 0.6 is 0 Å². The minimum atomic E-state index is -0.829. The van der Waals surface area contributed by atoms with Gasteiger partial charge in [-0.05, 0) is 50.4 Å². The molecule has 3 N–H and O–H groups in total. The molecule has 21 heavy (non-hydrogen) atoms. The summed E-state index contributed by atoms with van der Waals surface area (Å²) in [7, 11) is 0. The van der Waals surface area contributed by atoms with Crippen molar-refractivity contribution in [2.24, 2.45) is 0 Å². The molecule has 1 aliphatic heterocycles. The first-order chi connectivity index (χ1) is 9.91.